The number of aliphatic imine (C=N–C) groups is 2. The molecule has 210 valence electrons. The van der Waals surface area contributed by atoms with Gasteiger partial charge in [0.05, 0.1) is 48.8 Å². The van der Waals surface area contributed by atoms with Crippen molar-refractivity contribution < 1.29 is 19.1 Å². The fourth-order valence-electron chi connectivity index (χ4n) is 6.58. The predicted molar refractivity (Wildman–Crippen MR) is 156 cm³/mol. The highest BCUT2D eigenvalue weighted by Crippen LogP contribution is 2.36. The van der Waals surface area contributed by atoms with Gasteiger partial charge in [0.1, 0.15) is 11.5 Å². The zero-order valence-electron chi connectivity index (χ0n) is 23.5. The van der Waals surface area contributed by atoms with Gasteiger partial charge in [-0.05, 0) is 86.8 Å². The van der Waals surface area contributed by atoms with Gasteiger partial charge >= 0.3 is 0 Å². The average molecular weight is 543 g/mol. The van der Waals surface area contributed by atoms with Crippen molar-refractivity contribution in [1.29, 1.82) is 0 Å². The monoisotopic (exact) mass is 542 g/mol. The number of ether oxygens (including phenoxy) is 2. The van der Waals surface area contributed by atoms with Crippen molar-refractivity contribution in [2.45, 2.75) is 76.3 Å². The largest absolute Gasteiger partial charge is 0.496 e. The highest BCUT2D eigenvalue weighted by atomic mass is 16.5. The Morgan fingerprint density at radius 1 is 0.700 bits per heavy atom. The number of rotatable bonds is 9. The van der Waals surface area contributed by atoms with Crippen LogP contribution in [0.4, 0.5) is 11.4 Å². The second-order valence-corrected chi connectivity index (χ2v) is 11.2. The summed E-state index contributed by atoms with van der Waals surface area (Å²) in [5, 5.41) is 0. The molecule has 8 heteroatoms. The first-order chi connectivity index (χ1) is 19.6. The zero-order chi connectivity index (χ0) is 27.6. The van der Waals surface area contributed by atoms with E-state index in [4.69, 9.17) is 19.5 Å². The highest BCUT2D eigenvalue weighted by Gasteiger charge is 2.33. The normalized spacial score (nSPS) is 21.1. The number of methoxy groups -OCH3 is 2. The van der Waals surface area contributed by atoms with Crippen molar-refractivity contribution in [3.63, 3.8) is 0 Å². The zero-order valence-corrected chi connectivity index (χ0v) is 23.5. The van der Waals surface area contributed by atoms with E-state index in [0.717, 1.165) is 111 Å². The molecular formula is C32H38N4O4. The van der Waals surface area contributed by atoms with Crippen LogP contribution in [0.3, 0.4) is 0 Å². The number of carbonyl (C=O) groups excluding carboxylic acids is 2. The molecule has 40 heavy (non-hydrogen) atoms. The summed E-state index contributed by atoms with van der Waals surface area (Å²) in [7, 11) is 3.34. The van der Waals surface area contributed by atoms with E-state index in [0.29, 0.717) is 11.1 Å². The summed E-state index contributed by atoms with van der Waals surface area (Å²) in [6, 6.07) is 8.06. The Morgan fingerprint density at radius 2 is 1.15 bits per heavy atom. The molecule has 0 bridgehead atoms. The van der Waals surface area contributed by atoms with Crippen molar-refractivity contribution >= 4 is 35.6 Å². The molecule has 2 amide bonds. The molecule has 8 nitrogen and oxygen atoms in total. The molecule has 2 fully saturated rings. The lowest BCUT2D eigenvalue weighted by molar-refractivity contribution is 0.0766. The van der Waals surface area contributed by atoms with Crippen LogP contribution in [0.2, 0.25) is 0 Å². The average Bonchev–Trinajstić information content (AvgIpc) is 3.60. The molecule has 0 aliphatic carbocycles. The van der Waals surface area contributed by atoms with Crippen molar-refractivity contribution in [2.75, 3.05) is 27.3 Å². The molecule has 0 unspecified atom stereocenters. The molecule has 0 saturated carbocycles. The highest BCUT2D eigenvalue weighted by molar-refractivity contribution is 6.04. The van der Waals surface area contributed by atoms with Gasteiger partial charge in [0.15, 0.2) is 0 Å². The van der Waals surface area contributed by atoms with Crippen LogP contribution >= 0.6 is 0 Å². The van der Waals surface area contributed by atoms with Gasteiger partial charge in [0.25, 0.3) is 11.8 Å². The predicted octanol–water partition coefficient (Wildman–Crippen LogP) is 5.69. The smallest absolute Gasteiger partial charge is 0.256 e. The summed E-state index contributed by atoms with van der Waals surface area (Å²) in [6.45, 7) is 1.58. The number of amides is 2. The van der Waals surface area contributed by atoms with Crippen LogP contribution in [0, 0.1) is 0 Å². The van der Waals surface area contributed by atoms with Gasteiger partial charge in [-0.3, -0.25) is 19.6 Å². The minimum Gasteiger partial charge on any atom is -0.496 e. The summed E-state index contributed by atoms with van der Waals surface area (Å²) in [4.78, 5) is 39.5. The molecule has 2 atom stereocenters. The van der Waals surface area contributed by atoms with Crippen LogP contribution in [0.15, 0.2) is 34.3 Å². The van der Waals surface area contributed by atoms with Crippen molar-refractivity contribution in [3.8, 4) is 11.5 Å². The molecule has 2 aromatic rings. The second kappa shape index (κ2) is 11.4. The van der Waals surface area contributed by atoms with Gasteiger partial charge in [-0.15, -0.1) is 0 Å². The molecule has 2 saturated heterocycles. The number of carbonyl (C=O) groups is 2. The first kappa shape index (κ1) is 26.5. The Morgan fingerprint density at radius 3 is 1.57 bits per heavy atom. The number of aryl methyl sites for hydroxylation is 2. The number of nitrogens with zero attached hydrogens (tertiary/aromatic N) is 4. The van der Waals surface area contributed by atoms with E-state index in [1.54, 1.807) is 14.2 Å². The van der Waals surface area contributed by atoms with Gasteiger partial charge < -0.3 is 19.3 Å². The van der Waals surface area contributed by atoms with Crippen LogP contribution in [-0.4, -0.2) is 73.4 Å². The third kappa shape index (κ3) is 5.00. The van der Waals surface area contributed by atoms with Gasteiger partial charge in [0, 0.05) is 25.5 Å². The van der Waals surface area contributed by atoms with Crippen LogP contribution in [0.5, 0.6) is 11.5 Å². The molecule has 0 aromatic heterocycles. The Bertz CT molecular complexity index is 1260. The standard InChI is InChI=1S/C32H38N4O4/c1-39-29-17-25-27(33-19-23-11-7-13-35(23)31(25)37)15-21(29)9-5-3-4-6-10-22-16-28-26(18-30(22)40-2)32(38)36-14-8-12-24(36)20-34-28/h15-20,23-24H,3-14H2,1-2H3/t23-,24-/m0/s1. The molecule has 0 radical (unpaired) electrons. The van der Waals surface area contributed by atoms with Crippen molar-refractivity contribution in [3.05, 3.63) is 46.5 Å². The Kier molecular flexibility index (Phi) is 7.59. The quantitative estimate of drug-likeness (QED) is 0.381. The Labute approximate surface area is 236 Å². The molecule has 6 rings (SSSR count). The molecule has 2 aromatic carbocycles. The topological polar surface area (TPSA) is 83.8 Å². The summed E-state index contributed by atoms with van der Waals surface area (Å²) in [5.74, 6) is 1.66. The van der Waals surface area contributed by atoms with E-state index in [2.05, 4.69) is 0 Å². The van der Waals surface area contributed by atoms with Gasteiger partial charge in [-0.25, -0.2) is 0 Å². The van der Waals surface area contributed by atoms with Crippen LogP contribution in [-0.2, 0) is 12.8 Å². The van der Waals surface area contributed by atoms with E-state index in [1.807, 2.05) is 46.5 Å². The summed E-state index contributed by atoms with van der Waals surface area (Å²) < 4.78 is 11.4. The lowest BCUT2D eigenvalue weighted by Gasteiger charge is -2.20. The van der Waals surface area contributed by atoms with E-state index in [1.165, 1.54) is 0 Å². The molecular weight excluding hydrogens is 504 g/mol. The lowest BCUT2D eigenvalue weighted by Crippen LogP contribution is -2.35. The lowest BCUT2D eigenvalue weighted by atomic mass is 9.99. The number of unbranched alkanes of at least 4 members (excludes halogenated alkanes) is 3. The number of hydrogen-bond acceptors (Lipinski definition) is 6. The van der Waals surface area contributed by atoms with Crippen LogP contribution in [0.25, 0.3) is 0 Å². The maximum atomic E-state index is 13.1. The van der Waals surface area contributed by atoms with E-state index in [-0.39, 0.29) is 23.9 Å². The van der Waals surface area contributed by atoms with E-state index < -0.39 is 0 Å². The minimum atomic E-state index is 0.0588. The fraction of sp³-hybridized carbons (Fsp3) is 0.500. The molecule has 4 aliphatic heterocycles. The third-order valence-electron chi connectivity index (χ3n) is 8.79. The number of benzene rings is 2. The van der Waals surface area contributed by atoms with Crippen molar-refractivity contribution in [2.24, 2.45) is 9.98 Å². The molecule has 4 aliphatic rings. The summed E-state index contributed by atoms with van der Waals surface area (Å²) in [5.41, 5.74) is 5.00. The summed E-state index contributed by atoms with van der Waals surface area (Å²) >= 11 is 0. The Hall–Kier alpha value is -3.68. The maximum absolute atomic E-state index is 13.1. The van der Waals surface area contributed by atoms with Crippen LogP contribution < -0.4 is 9.47 Å². The SMILES string of the molecule is COc1cc2c(cc1CCCCCCc1cc3c(cc1OC)C(=O)N1CCC[C@H]1C=N3)N=C[C@@H]1CCCN1C2=O. The van der Waals surface area contributed by atoms with Crippen LogP contribution in [0.1, 0.15) is 83.2 Å². The molecule has 0 spiro atoms. The Balaban J connectivity index is 1.06. The van der Waals surface area contributed by atoms with Gasteiger partial charge in [0.2, 0.25) is 0 Å². The van der Waals surface area contributed by atoms with Gasteiger partial charge in [-0.2, -0.15) is 0 Å². The van der Waals surface area contributed by atoms with Crippen molar-refractivity contribution in [1.82, 2.24) is 9.80 Å². The summed E-state index contributed by atoms with van der Waals surface area (Å²) in [6.07, 6.45) is 13.9. The van der Waals surface area contributed by atoms with E-state index in [9.17, 15) is 9.59 Å². The number of fused-ring (bicyclic) bond motifs is 4. The molecule has 0 N–H and O–H groups in total. The van der Waals surface area contributed by atoms with Gasteiger partial charge in [-0.1, -0.05) is 12.8 Å². The third-order valence-corrected chi connectivity index (χ3v) is 8.79. The fourth-order valence-corrected chi connectivity index (χ4v) is 6.58. The first-order valence-electron chi connectivity index (χ1n) is 14.7. The first-order valence-corrected chi connectivity index (χ1v) is 14.7. The van der Waals surface area contributed by atoms with E-state index >= 15 is 0 Å². The molecule has 4 heterocycles. The number of hydrogen-bond donors (Lipinski definition) is 0. The second-order valence-electron chi connectivity index (χ2n) is 11.2. The minimum absolute atomic E-state index is 0.0588. The maximum Gasteiger partial charge on any atom is 0.256 e.